The highest BCUT2D eigenvalue weighted by molar-refractivity contribution is 5.42. The third-order valence-corrected chi connectivity index (χ3v) is 4.43. The van der Waals surface area contributed by atoms with Gasteiger partial charge >= 0.3 is 0 Å². The number of rotatable bonds is 6. The van der Waals surface area contributed by atoms with Gasteiger partial charge in [0.05, 0.1) is 0 Å². The Labute approximate surface area is 118 Å². The Kier molecular flexibility index (Phi) is 5.01. The van der Waals surface area contributed by atoms with E-state index in [9.17, 15) is 0 Å². The predicted molar refractivity (Wildman–Crippen MR) is 84.4 cm³/mol. The van der Waals surface area contributed by atoms with Gasteiger partial charge in [-0.3, -0.25) is 0 Å². The van der Waals surface area contributed by atoms with E-state index in [2.05, 4.69) is 62.4 Å². The van der Waals surface area contributed by atoms with Gasteiger partial charge in [0.1, 0.15) is 0 Å². The van der Waals surface area contributed by atoms with Crippen LogP contribution in [0.1, 0.15) is 57.9 Å². The van der Waals surface area contributed by atoms with Crippen LogP contribution in [0, 0.1) is 0 Å². The highest BCUT2D eigenvalue weighted by Gasteiger charge is 2.32. The molecule has 0 fully saturated rings. The molecule has 0 N–H and O–H groups in total. The van der Waals surface area contributed by atoms with Crippen molar-refractivity contribution in [1.82, 2.24) is 0 Å². The molecule has 1 unspecified atom stereocenters. The maximum atomic E-state index is 2.46. The number of allylic oxidation sites excluding steroid dienone is 4. The average Bonchev–Trinajstić information content (AvgIpc) is 2.51. The fourth-order valence-electron chi connectivity index (χ4n) is 3.24. The summed E-state index contributed by atoms with van der Waals surface area (Å²) in [5.74, 6) is 0. The summed E-state index contributed by atoms with van der Waals surface area (Å²) in [6.07, 6.45) is 14.6. The number of unbranched alkanes of at least 4 members (excludes halogenated alkanes) is 1. The van der Waals surface area contributed by atoms with E-state index in [1.165, 1.54) is 44.1 Å². The zero-order valence-electron chi connectivity index (χ0n) is 12.4. The maximum Gasteiger partial charge on any atom is 0.0197 e. The second-order valence-corrected chi connectivity index (χ2v) is 5.54. The standard InChI is InChI=1S/C19H26/c1-3-5-16-19(4-2,17-12-8-6-9-13-17)18-14-10-7-11-15-18/h6,8-10,12-15H,3-5,7,11,16H2,1-2H3. The molecule has 0 spiro atoms. The van der Waals surface area contributed by atoms with Crippen LogP contribution in [0.2, 0.25) is 0 Å². The quantitative estimate of drug-likeness (QED) is 0.601. The third-order valence-electron chi connectivity index (χ3n) is 4.43. The first kappa shape index (κ1) is 14.1. The first-order chi connectivity index (χ1) is 9.33. The molecule has 0 bridgehead atoms. The summed E-state index contributed by atoms with van der Waals surface area (Å²) >= 11 is 0. The first-order valence-electron chi connectivity index (χ1n) is 7.76. The minimum Gasteiger partial charge on any atom is -0.0839 e. The minimum atomic E-state index is 0.230. The predicted octanol–water partition coefficient (Wildman–Crippen LogP) is 5.80. The van der Waals surface area contributed by atoms with Crippen molar-refractivity contribution in [2.75, 3.05) is 0 Å². The smallest absolute Gasteiger partial charge is 0.0197 e. The van der Waals surface area contributed by atoms with Crippen molar-refractivity contribution in [1.29, 1.82) is 0 Å². The van der Waals surface area contributed by atoms with Gasteiger partial charge in [0, 0.05) is 5.41 Å². The van der Waals surface area contributed by atoms with E-state index in [0.717, 1.165) is 0 Å². The molecule has 1 aromatic carbocycles. The zero-order valence-corrected chi connectivity index (χ0v) is 12.4. The molecule has 1 aromatic rings. The zero-order chi connectivity index (χ0) is 13.6. The molecule has 0 saturated carbocycles. The normalized spacial score (nSPS) is 17.9. The summed E-state index contributed by atoms with van der Waals surface area (Å²) in [5, 5.41) is 0. The van der Waals surface area contributed by atoms with E-state index in [4.69, 9.17) is 0 Å². The molecule has 0 aliphatic heterocycles. The fraction of sp³-hybridized carbons (Fsp3) is 0.474. The monoisotopic (exact) mass is 254 g/mol. The van der Waals surface area contributed by atoms with Crippen LogP contribution in [0.25, 0.3) is 0 Å². The van der Waals surface area contributed by atoms with Crippen molar-refractivity contribution in [3.8, 4) is 0 Å². The van der Waals surface area contributed by atoms with Crippen LogP contribution < -0.4 is 0 Å². The van der Waals surface area contributed by atoms with Crippen LogP contribution in [-0.4, -0.2) is 0 Å². The summed E-state index contributed by atoms with van der Waals surface area (Å²) in [6, 6.07) is 11.1. The lowest BCUT2D eigenvalue weighted by molar-refractivity contribution is 0.434. The SMILES string of the molecule is CCCCC(CC)(C1=CCCC=C1)c1ccccc1. The van der Waals surface area contributed by atoms with Gasteiger partial charge in [-0.2, -0.15) is 0 Å². The summed E-state index contributed by atoms with van der Waals surface area (Å²) in [4.78, 5) is 0. The van der Waals surface area contributed by atoms with Gasteiger partial charge in [0.15, 0.2) is 0 Å². The van der Waals surface area contributed by atoms with Gasteiger partial charge in [-0.15, -0.1) is 0 Å². The van der Waals surface area contributed by atoms with E-state index >= 15 is 0 Å². The molecule has 0 heteroatoms. The molecule has 0 aromatic heterocycles. The molecule has 0 heterocycles. The van der Waals surface area contributed by atoms with Crippen molar-refractivity contribution >= 4 is 0 Å². The molecule has 1 aliphatic carbocycles. The Bertz CT molecular complexity index is 438. The molecule has 2 rings (SSSR count). The van der Waals surface area contributed by atoms with Crippen LogP contribution in [-0.2, 0) is 5.41 Å². The Morgan fingerprint density at radius 3 is 2.42 bits per heavy atom. The van der Waals surface area contributed by atoms with E-state index in [-0.39, 0.29) is 5.41 Å². The van der Waals surface area contributed by atoms with Gasteiger partial charge in [-0.1, -0.05) is 75.2 Å². The average molecular weight is 254 g/mol. The van der Waals surface area contributed by atoms with Crippen molar-refractivity contribution in [2.45, 2.75) is 57.8 Å². The molecule has 0 amide bonds. The second kappa shape index (κ2) is 6.75. The molecule has 0 nitrogen and oxygen atoms in total. The second-order valence-electron chi connectivity index (χ2n) is 5.54. The molecule has 0 radical (unpaired) electrons. The molecule has 1 aliphatic rings. The lowest BCUT2D eigenvalue weighted by Crippen LogP contribution is -2.28. The van der Waals surface area contributed by atoms with Crippen LogP contribution in [0.3, 0.4) is 0 Å². The van der Waals surface area contributed by atoms with E-state index in [0.29, 0.717) is 0 Å². The summed E-state index contributed by atoms with van der Waals surface area (Å²) in [5.41, 5.74) is 3.26. The fourth-order valence-corrected chi connectivity index (χ4v) is 3.24. The first-order valence-corrected chi connectivity index (χ1v) is 7.76. The maximum absolute atomic E-state index is 2.46. The van der Waals surface area contributed by atoms with E-state index in [1.807, 2.05) is 0 Å². The van der Waals surface area contributed by atoms with Crippen LogP contribution >= 0.6 is 0 Å². The Morgan fingerprint density at radius 2 is 1.84 bits per heavy atom. The molecule has 19 heavy (non-hydrogen) atoms. The molecular formula is C19H26. The number of hydrogen-bond acceptors (Lipinski definition) is 0. The van der Waals surface area contributed by atoms with Gasteiger partial charge in [-0.05, 0) is 36.8 Å². The largest absolute Gasteiger partial charge is 0.0839 e. The van der Waals surface area contributed by atoms with Crippen molar-refractivity contribution in [2.24, 2.45) is 0 Å². The third kappa shape index (κ3) is 3.00. The molecule has 102 valence electrons. The van der Waals surface area contributed by atoms with Crippen molar-refractivity contribution in [3.05, 3.63) is 59.7 Å². The highest BCUT2D eigenvalue weighted by Crippen LogP contribution is 2.42. The minimum absolute atomic E-state index is 0.230. The van der Waals surface area contributed by atoms with Gasteiger partial charge in [-0.25, -0.2) is 0 Å². The topological polar surface area (TPSA) is 0 Å². The lowest BCUT2D eigenvalue weighted by Gasteiger charge is -2.36. The summed E-state index contributed by atoms with van der Waals surface area (Å²) in [6.45, 7) is 4.63. The highest BCUT2D eigenvalue weighted by atomic mass is 14.4. The van der Waals surface area contributed by atoms with Crippen molar-refractivity contribution < 1.29 is 0 Å². The number of hydrogen-bond donors (Lipinski definition) is 0. The van der Waals surface area contributed by atoms with Gasteiger partial charge in [0.25, 0.3) is 0 Å². The Hall–Kier alpha value is -1.30. The summed E-state index contributed by atoms with van der Waals surface area (Å²) in [7, 11) is 0. The van der Waals surface area contributed by atoms with Gasteiger partial charge in [0.2, 0.25) is 0 Å². The van der Waals surface area contributed by atoms with Gasteiger partial charge < -0.3 is 0 Å². The van der Waals surface area contributed by atoms with Crippen LogP contribution in [0.4, 0.5) is 0 Å². The van der Waals surface area contributed by atoms with E-state index in [1.54, 1.807) is 5.57 Å². The van der Waals surface area contributed by atoms with Crippen molar-refractivity contribution in [3.63, 3.8) is 0 Å². The molecule has 0 saturated heterocycles. The van der Waals surface area contributed by atoms with Crippen LogP contribution in [0.5, 0.6) is 0 Å². The Balaban J connectivity index is 2.41. The van der Waals surface area contributed by atoms with E-state index < -0.39 is 0 Å². The summed E-state index contributed by atoms with van der Waals surface area (Å²) < 4.78 is 0. The molecule has 1 atom stereocenters. The van der Waals surface area contributed by atoms with Crippen LogP contribution in [0.15, 0.2) is 54.1 Å². The molecular weight excluding hydrogens is 228 g/mol. The number of benzene rings is 1. The lowest BCUT2D eigenvalue weighted by atomic mass is 9.67. The Morgan fingerprint density at radius 1 is 1.05 bits per heavy atom.